The lowest BCUT2D eigenvalue weighted by atomic mass is 9.65. The highest BCUT2D eigenvalue weighted by atomic mass is 19.1. The molecular formula is C55H35FN2O. The summed E-state index contributed by atoms with van der Waals surface area (Å²) in [5.74, 6) is 1.49. The summed E-state index contributed by atoms with van der Waals surface area (Å²) in [4.78, 5) is 2.36. The molecule has 0 saturated heterocycles. The highest BCUT2D eigenvalue weighted by molar-refractivity contribution is 6.10. The molecule has 9 aromatic carbocycles. The first-order valence-corrected chi connectivity index (χ1v) is 20.0. The third-order valence-corrected chi connectivity index (χ3v) is 12.3. The number of para-hydroxylation sites is 3. The molecule has 10 aromatic rings. The predicted octanol–water partition coefficient (Wildman–Crippen LogP) is 14.5. The van der Waals surface area contributed by atoms with Crippen molar-refractivity contribution in [1.82, 2.24) is 4.57 Å². The van der Waals surface area contributed by atoms with Gasteiger partial charge < -0.3 is 14.2 Å². The highest BCUT2D eigenvalue weighted by Crippen LogP contribution is 2.63. The van der Waals surface area contributed by atoms with Crippen LogP contribution in [0.4, 0.5) is 21.5 Å². The van der Waals surface area contributed by atoms with Crippen molar-refractivity contribution in [2.45, 2.75) is 5.41 Å². The van der Waals surface area contributed by atoms with Gasteiger partial charge in [-0.05, 0) is 124 Å². The monoisotopic (exact) mass is 758 g/mol. The predicted molar refractivity (Wildman–Crippen MR) is 238 cm³/mol. The van der Waals surface area contributed by atoms with Crippen LogP contribution in [-0.2, 0) is 5.41 Å². The zero-order chi connectivity index (χ0) is 39.1. The van der Waals surface area contributed by atoms with Gasteiger partial charge in [-0.3, -0.25) is 0 Å². The summed E-state index contributed by atoms with van der Waals surface area (Å²) in [5, 5.41) is 2.26. The third-order valence-electron chi connectivity index (χ3n) is 12.3. The van der Waals surface area contributed by atoms with Gasteiger partial charge in [-0.15, -0.1) is 0 Å². The lowest BCUT2D eigenvalue weighted by Crippen LogP contribution is -2.32. The molecule has 1 unspecified atom stereocenters. The van der Waals surface area contributed by atoms with Gasteiger partial charge in [-0.1, -0.05) is 121 Å². The van der Waals surface area contributed by atoms with Crippen LogP contribution in [0, 0.1) is 5.82 Å². The number of rotatable bonds is 5. The second-order valence-corrected chi connectivity index (χ2v) is 15.4. The highest BCUT2D eigenvalue weighted by Gasteiger charge is 2.51. The number of hydrogen-bond acceptors (Lipinski definition) is 2. The molecule has 0 saturated carbocycles. The fourth-order valence-electron chi connectivity index (χ4n) is 9.84. The van der Waals surface area contributed by atoms with Gasteiger partial charge in [-0.2, -0.15) is 0 Å². The summed E-state index contributed by atoms with van der Waals surface area (Å²) in [6, 6.07) is 74.2. The van der Waals surface area contributed by atoms with Crippen molar-refractivity contribution in [2.75, 3.05) is 4.90 Å². The number of ether oxygens (including phenoxy) is 1. The Kier molecular flexibility index (Phi) is 7.32. The number of halogens is 1. The van der Waals surface area contributed by atoms with Gasteiger partial charge in [0.1, 0.15) is 17.3 Å². The van der Waals surface area contributed by atoms with Crippen LogP contribution in [0.25, 0.3) is 49.7 Å². The standard InChI is InChI=1S/C55H35FN2O/c56-38-24-26-40(27-25-38)58-51-21-11-8-18-44(51)46-35-42(29-31-52(46)58)57(39-15-5-2-6-16-39)41-28-30-48-45(34-41)43-17-7-9-19-47(43)55(48)49-20-10-12-22-53(49)59-54-32-23-37(33-50(54)55)36-13-3-1-4-14-36/h1-35H. The average Bonchev–Trinajstić information content (AvgIpc) is 3.78. The van der Waals surface area contributed by atoms with E-state index in [1.54, 1.807) is 0 Å². The van der Waals surface area contributed by atoms with Gasteiger partial charge in [-0.25, -0.2) is 4.39 Å². The number of hydrogen-bond donors (Lipinski definition) is 0. The molecule has 2 aliphatic rings. The van der Waals surface area contributed by atoms with E-state index in [9.17, 15) is 4.39 Å². The fraction of sp³-hybridized carbons (Fsp3) is 0.0182. The zero-order valence-electron chi connectivity index (χ0n) is 31.9. The molecule has 12 rings (SSSR count). The Morgan fingerprint density at radius 1 is 0.407 bits per heavy atom. The number of fused-ring (bicyclic) bond motifs is 12. The van der Waals surface area contributed by atoms with Crippen LogP contribution in [-0.4, -0.2) is 4.57 Å². The smallest absolute Gasteiger partial charge is 0.132 e. The molecule has 0 amide bonds. The van der Waals surface area contributed by atoms with E-state index in [-0.39, 0.29) is 5.82 Å². The topological polar surface area (TPSA) is 17.4 Å². The maximum Gasteiger partial charge on any atom is 0.132 e. The number of nitrogens with zero attached hydrogens (tertiary/aromatic N) is 2. The van der Waals surface area contributed by atoms with E-state index in [2.05, 4.69) is 198 Å². The van der Waals surface area contributed by atoms with Crippen molar-refractivity contribution in [3.05, 3.63) is 240 Å². The van der Waals surface area contributed by atoms with Crippen LogP contribution in [0.5, 0.6) is 11.5 Å². The van der Waals surface area contributed by atoms with Gasteiger partial charge in [0.05, 0.1) is 16.4 Å². The quantitative estimate of drug-likeness (QED) is 0.174. The molecule has 1 aromatic heterocycles. The van der Waals surface area contributed by atoms with Crippen LogP contribution >= 0.6 is 0 Å². The zero-order valence-corrected chi connectivity index (χ0v) is 31.9. The molecule has 59 heavy (non-hydrogen) atoms. The average molecular weight is 759 g/mol. The summed E-state index contributed by atoms with van der Waals surface area (Å²) >= 11 is 0. The largest absolute Gasteiger partial charge is 0.457 e. The van der Waals surface area contributed by atoms with E-state index < -0.39 is 5.41 Å². The van der Waals surface area contributed by atoms with Crippen molar-refractivity contribution in [1.29, 1.82) is 0 Å². The van der Waals surface area contributed by atoms with E-state index in [0.717, 1.165) is 72.7 Å². The van der Waals surface area contributed by atoms with Crippen LogP contribution in [0.15, 0.2) is 212 Å². The summed E-state index contributed by atoms with van der Waals surface area (Å²) in [6.07, 6.45) is 0. The summed E-state index contributed by atoms with van der Waals surface area (Å²) in [6.45, 7) is 0. The number of aromatic nitrogens is 1. The van der Waals surface area contributed by atoms with Gasteiger partial charge in [0, 0.05) is 44.6 Å². The summed E-state index contributed by atoms with van der Waals surface area (Å²) in [7, 11) is 0. The summed E-state index contributed by atoms with van der Waals surface area (Å²) in [5.41, 5.74) is 15.1. The Hall–Kier alpha value is -7.69. The van der Waals surface area contributed by atoms with Crippen molar-refractivity contribution in [3.63, 3.8) is 0 Å². The number of benzene rings is 9. The van der Waals surface area contributed by atoms with Crippen LogP contribution in [0.3, 0.4) is 0 Å². The normalized spacial score (nSPS) is 14.7. The minimum atomic E-state index is -0.599. The molecule has 2 heterocycles. The van der Waals surface area contributed by atoms with Crippen LogP contribution in [0.1, 0.15) is 22.3 Å². The van der Waals surface area contributed by atoms with E-state index >= 15 is 0 Å². The molecule has 0 fully saturated rings. The molecule has 0 radical (unpaired) electrons. The molecule has 1 aliphatic carbocycles. The van der Waals surface area contributed by atoms with Crippen molar-refractivity contribution in [3.8, 4) is 39.4 Å². The molecule has 0 bridgehead atoms. The van der Waals surface area contributed by atoms with Crippen LogP contribution < -0.4 is 9.64 Å². The number of anilines is 3. The third kappa shape index (κ3) is 4.93. The molecule has 3 nitrogen and oxygen atoms in total. The van der Waals surface area contributed by atoms with Crippen molar-refractivity contribution >= 4 is 38.9 Å². The van der Waals surface area contributed by atoms with Gasteiger partial charge in [0.25, 0.3) is 0 Å². The second kappa shape index (κ2) is 12.9. The minimum Gasteiger partial charge on any atom is -0.457 e. The molecule has 1 spiro atoms. The summed E-state index contributed by atoms with van der Waals surface area (Å²) < 4.78 is 23.0. The van der Waals surface area contributed by atoms with Gasteiger partial charge in [0.2, 0.25) is 0 Å². The first kappa shape index (κ1) is 33.4. The molecule has 0 N–H and O–H groups in total. The lowest BCUT2D eigenvalue weighted by Gasteiger charge is -2.39. The van der Waals surface area contributed by atoms with E-state index in [1.807, 2.05) is 12.1 Å². The first-order chi connectivity index (χ1) is 29.2. The van der Waals surface area contributed by atoms with E-state index in [1.165, 1.54) is 39.9 Å². The van der Waals surface area contributed by atoms with Crippen LogP contribution in [0.2, 0.25) is 0 Å². The van der Waals surface area contributed by atoms with Gasteiger partial charge in [0.15, 0.2) is 0 Å². The fourth-order valence-corrected chi connectivity index (χ4v) is 9.84. The first-order valence-electron chi connectivity index (χ1n) is 20.0. The Labute approximate surface area is 341 Å². The SMILES string of the molecule is Fc1ccc(-n2c3ccccc3c3cc(N(c4ccccc4)c4ccc5c(c4)-c4ccccc4C54c5ccccc5Oc5ccc(-c6ccccc6)cc54)ccc32)cc1. The molecule has 1 aliphatic heterocycles. The molecular weight excluding hydrogens is 724 g/mol. The molecule has 278 valence electrons. The van der Waals surface area contributed by atoms with Crippen molar-refractivity contribution < 1.29 is 9.13 Å². The van der Waals surface area contributed by atoms with Gasteiger partial charge >= 0.3 is 0 Å². The Bertz CT molecular complexity index is 3260. The molecule has 4 heteroatoms. The minimum absolute atomic E-state index is 0.250. The Balaban J connectivity index is 1.09. The molecule has 1 atom stereocenters. The second-order valence-electron chi connectivity index (χ2n) is 15.4. The Morgan fingerprint density at radius 2 is 1.05 bits per heavy atom. The van der Waals surface area contributed by atoms with E-state index in [4.69, 9.17) is 4.74 Å². The van der Waals surface area contributed by atoms with E-state index in [0.29, 0.717) is 0 Å². The lowest BCUT2D eigenvalue weighted by molar-refractivity contribution is 0.436. The maximum absolute atomic E-state index is 14.1. The maximum atomic E-state index is 14.1. The van der Waals surface area contributed by atoms with Crippen molar-refractivity contribution in [2.24, 2.45) is 0 Å². The Morgan fingerprint density at radius 3 is 1.90 bits per heavy atom.